The molecule has 0 saturated heterocycles. The van der Waals surface area contributed by atoms with Gasteiger partial charge < -0.3 is 10.6 Å². The minimum atomic E-state index is -4.45. The second kappa shape index (κ2) is 7.81. The number of benzene rings is 1. The molecule has 0 bridgehead atoms. The number of halogens is 3. The summed E-state index contributed by atoms with van der Waals surface area (Å²) in [5, 5.41) is 10.1. The Kier molecular flexibility index (Phi) is 5.19. The van der Waals surface area contributed by atoms with Gasteiger partial charge in [0.15, 0.2) is 0 Å². The number of fused-ring (bicyclic) bond motifs is 1. The monoisotopic (exact) mass is 415 g/mol. The van der Waals surface area contributed by atoms with E-state index in [4.69, 9.17) is 0 Å². The van der Waals surface area contributed by atoms with E-state index < -0.39 is 11.7 Å². The number of carbonyl (C=O) groups excluding carboxylic acids is 1. The zero-order chi connectivity index (χ0) is 21.3. The highest BCUT2D eigenvalue weighted by Crippen LogP contribution is 2.32. The third-order valence-corrected chi connectivity index (χ3v) is 5.19. The second-order valence-corrected chi connectivity index (χ2v) is 7.19. The first-order valence-electron chi connectivity index (χ1n) is 9.54. The van der Waals surface area contributed by atoms with Gasteiger partial charge in [0.2, 0.25) is 0 Å². The average Bonchev–Trinajstić information content (AvgIpc) is 3.10. The summed E-state index contributed by atoms with van der Waals surface area (Å²) in [6.45, 7) is 0. The van der Waals surface area contributed by atoms with Gasteiger partial charge in [-0.05, 0) is 49.6 Å². The lowest BCUT2D eigenvalue weighted by Crippen LogP contribution is -2.31. The molecule has 156 valence electrons. The highest BCUT2D eigenvalue weighted by atomic mass is 19.4. The molecule has 1 aliphatic rings. The van der Waals surface area contributed by atoms with Crippen LogP contribution < -0.4 is 10.6 Å². The van der Waals surface area contributed by atoms with Gasteiger partial charge in [-0.25, -0.2) is 4.98 Å². The van der Waals surface area contributed by atoms with Crippen molar-refractivity contribution in [2.45, 2.75) is 31.5 Å². The first-order valence-corrected chi connectivity index (χ1v) is 9.54. The molecule has 2 aromatic heterocycles. The molecular formula is C21H20F3N5O. The second-order valence-electron chi connectivity index (χ2n) is 7.19. The zero-order valence-corrected chi connectivity index (χ0v) is 16.2. The lowest BCUT2D eigenvalue weighted by Gasteiger charge is -2.24. The number of aryl methyl sites for hydroxylation is 1. The molecule has 1 amide bonds. The summed E-state index contributed by atoms with van der Waals surface area (Å²) in [6, 6.07) is 7.81. The summed E-state index contributed by atoms with van der Waals surface area (Å²) < 4.78 is 40.8. The highest BCUT2D eigenvalue weighted by Gasteiger charge is 2.30. The number of aromatic nitrogens is 3. The topological polar surface area (TPSA) is 71.8 Å². The van der Waals surface area contributed by atoms with Crippen molar-refractivity contribution in [1.29, 1.82) is 0 Å². The predicted molar refractivity (Wildman–Crippen MR) is 105 cm³/mol. The molecule has 9 heteroatoms. The molecule has 2 heterocycles. The third-order valence-electron chi connectivity index (χ3n) is 5.19. The lowest BCUT2D eigenvalue weighted by atomic mass is 9.93. The van der Waals surface area contributed by atoms with Gasteiger partial charge in [-0.1, -0.05) is 6.07 Å². The van der Waals surface area contributed by atoms with Crippen LogP contribution in [0, 0.1) is 0 Å². The van der Waals surface area contributed by atoms with Gasteiger partial charge in [-0.2, -0.15) is 18.3 Å². The van der Waals surface area contributed by atoms with Gasteiger partial charge in [0.05, 0.1) is 23.4 Å². The van der Waals surface area contributed by atoms with Gasteiger partial charge in [0, 0.05) is 30.2 Å². The van der Waals surface area contributed by atoms with Crippen molar-refractivity contribution in [2.75, 3.05) is 5.32 Å². The predicted octanol–water partition coefficient (Wildman–Crippen LogP) is 4.38. The first kappa shape index (κ1) is 19.9. The number of alkyl halides is 3. The van der Waals surface area contributed by atoms with Crippen molar-refractivity contribution in [3.05, 3.63) is 71.2 Å². The van der Waals surface area contributed by atoms with Crippen molar-refractivity contribution in [3.8, 4) is 0 Å². The van der Waals surface area contributed by atoms with Crippen molar-refractivity contribution in [3.63, 3.8) is 0 Å². The van der Waals surface area contributed by atoms with Crippen LogP contribution in [0.15, 0.2) is 48.8 Å². The van der Waals surface area contributed by atoms with Crippen molar-refractivity contribution < 1.29 is 18.0 Å². The van der Waals surface area contributed by atoms with Gasteiger partial charge in [0.1, 0.15) is 5.82 Å². The largest absolute Gasteiger partial charge is 0.416 e. The van der Waals surface area contributed by atoms with E-state index in [9.17, 15) is 18.0 Å². The summed E-state index contributed by atoms with van der Waals surface area (Å²) in [5.74, 6) is -0.157. The standard InChI is InChI=1S/C21H20F3N5O/c1-29-18-9-3-8-17(16(18)12-26-29)28-20(30)15-7-4-10-25-19(15)27-14-6-2-5-13(11-14)21(22,23)24/h2,4-7,10-12,17H,3,8-9H2,1H3,(H,25,27)(H,28,30)/t17-/m1/s1. The van der Waals surface area contributed by atoms with E-state index in [0.717, 1.165) is 42.7 Å². The normalized spacial score (nSPS) is 16.1. The molecule has 0 radical (unpaired) electrons. The van der Waals surface area contributed by atoms with Gasteiger partial charge in [-0.3, -0.25) is 9.48 Å². The molecule has 0 spiro atoms. The van der Waals surface area contributed by atoms with E-state index in [1.165, 1.54) is 18.3 Å². The van der Waals surface area contributed by atoms with Gasteiger partial charge >= 0.3 is 6.18 Å². The van der Waals surface area contributed by atoms with Crippen LogP contribution in [0.3, 0.4) is 0 Å². The molecule has 0 aliphatic heterocycles. The Balaban J connectivity index is 1.56. The molecule has 30 heavy (non-hydrogen) atoms. The Hall–Kier alpha value is -3.36. The lowest BCUT2D eigenvalue weighted by molar-refractivity contribution is -0.137. The highest BCUT2D eigenvalue weighted by molar-refractivity contribution is 5.99. The number of hydrogen-bond donors (Lipinski definition) is 2. The molecule has 0 fully saturated rings. The Morgan fingerprint density at radius 1 is 1.23 bits per heavy atom. The van der Waals surface area contributed by atoms with E-state index in [1.807, 2.05) is 11.7 Å². The maximum atomic E-state index is 13.0. The van der Waals surface area contributed by atoms with Crippen molar-refractivity contribution >= 4 is 17.4 Å². The fourth-order valence-electron chi connectivity index (χ4n) is 3.69. The smallest absolute Gasteiger partial charge is 0.345 e. The van der Waals surface area contributed by atoms with Crippen molar-refractivity contribution in [2.24, 2.45) is 7.05 Å². The quantitative estimate of drug-likeness (QED) is 0.663. The number of rotatable bonds is 4. The van der Waals surface area contributed by atoms with Crippen LogP contribution in [0.5, 0.6) is 0 Å². The third kappa shape index (κ3) is 4.00. The van der Waals surface area contributed by atoms with E-state index in [0.29, 0.717) is 0 Å². The molecule has 2 N–H and O–H groups in total. The molecule has 1 aromatic carbocycles. The summed E-state index contributed by atoms with van der Waals surface area (Å²) >= 11 is 0. The van der Waals surface area contributed by atoms with Crippen LogP contribution in [-0.2, 0) is 19.6 Å². The molecule has 0 saturated carbocycles. The van der Waals surface area contributed by atoms with Crippen LogP contribution in [0.4, 0.5) is 24.7 Å². The maximum absolute atomic E-state index is 13.0. The van der Waals surface area contributed by atoms with E-state index in [-0.39, 0.29) is 29.0 Å². The number of carbonyl (C=O) groups is 1. The fourth-order valence-corrected chi connectivity index (χ4v) is 3.69. The molecule has 4 rings (SSSR count). The zero-order valence-electron chi connectivity index (χ0n) is 16.2. The summed E-state index contributed by atoms with van der Waals surface area (Å²) in [6.07, 6.45) is 1.43. The summed E-state index contributed by atoms with van der Waals surface area (Å²) in [4.78, 5) is 17.1. The number of pyridine rings is 1. The molecule has 0 unspecified atom stereocenters. The van der Waals surface area contributed by atoms with Crippen LogP contribution in [0.2, 0.25) is 0 Å². The van der Waals surface area contributed by atoms with Crippen LogP contribution >= 0.6 is 0 Å². The fraction of sp³-hybridized carbons (Fsp3) is 0.286. The minimum absolute atomic E-state index is 0.170. The van der Waals surface area contributed by atoms with E-state index in [2.05, 4.69) is 20.7 Å². The molecular weight excluding hydrogens is 395 g/mol. The van der Waals surface area contributed by atoms with Crippen molar-refractivity contribution in [1.82, 2.24) is 20.1 Å². The number of nitrogens with one attached hydrogen (secondary N) is 2. The molecule has 3 aromatic rings. The minimum Gasteiger partial charge on any atom is -0.345 e. The van der Waals surface area contributed by atoms with E-state index in [1.54, 1.807) is 18.3 Å². The Bertz CT molecular complexity index is 1080. The SMILES string of the molecule is Cn1ncc2c1CCC[C@H]2NC(=O)c1cccnc1Nc1cccc(C(F)(F)F)c1. The Labute approximate surface area is 171 Å². The molecule has 1 atom stereocenters. The number of anilines is 2. The number of nitrogens with zero attached hydrogens (tertiary/aromatic N) is 3. The number of amides is 1. The van der Waals surface area contributed by atoms with Gasteiger partial charge in [-0.15, -0.1) is 0 Å². The Morgan fingerprint density at radius 2 is 2.07 bits per heavy atom. The average molecular weight is 415 g/mol. The maximum Gasteiger partial charge on any atom is 0.416 e. The van der Waals surface area contributed by atoms with E-state index >= 15 is 0 Å². The van der Waals surface area contributed by atoms with Gasteiger partial charge in [0.25, 0.3) is 5.91 Å². The van der Waals surface area contributed by atoms with Crippen LogP contribution in [0.1, 0.15) is 46.1 Å². The van der Waals surface area contributed by atoms with Crippen LogP contribution in [-0.4, -0.2) is 20.7 Å². The van der Waals surface area contributed by atoms with Crippen LogP contribution in [0.25, 0.3) is 0 Å². The summed E-state index contributed by atoms with van der Waals surface area (Å²) in [5.41, 5.74) is 1.77. The molecule has 1 aliphatic carbocycles. The number of hydrogen-bond acceptors (Lipinski definition) is 4. The molecule has 6 nitrogen and oxygen atoms in total. The first-order chi connectivity index (χ1) is 14.3. The Morgan fingerprint density at radius 3 is 2.87 bits per heavy atom. The summed E-state index contributed by atoms with van der Waals surface area (Å²) in [7, 11) is 1.88.